The summed E-state index contributed by atoms with van der Waals surface area (Å²) >= 11 is 0. The van der Waals surface area contributed by atoms with Gasteiger partial charge in [0.1, 0.15) is 11.3 Å². The van der Waals surface area contributed by atoms with E-state index in [1.807, 2.05) is 0 Å². The summed E-state index contributed by atoms with van der Waals surface area (Å²) in [7, 11) is 0. The molecule has 0 saturated carbocycles. The first kappa shape index (κ1) is 12.2. The highest BCUT2D eigenvalue weighted by atomic mass is 19.4. The van der Waals surface area contributed by atoms with Crippen LogP contribution in [0.1, 0.15) is 11.1 Å². The lowest BCUT2D eigenvalue weighted by Gasteiger charge is -2.14. The maximum absolute atomic E-state index is 12.5. The zero-order valence-corrected chi connectivity index (χ0v) is 7.55. The molecule has 0 aliphatic rings. The topological polar surface area (TPSA) is 33.0 Å². The first-order valence-electron chi connectivity index (χ1n) is 3.91. The summed E-state index contributed by atoms with van der Waals surface area (Å²) in [5.74, 6) is -1.05. The van der Waals surface area contributed by atoms with E-state index < -0.39 is 29.7 Å². The Morgan fingerprint density at radius 1 is 1.25 bits per heavy atom. The van der Waals surface area contributed by atoms with Crippen molar-refractivity contribution in [2.45, 2.75) is 12.8 Å². The third kappa shape index (κ3) is 2.59. The van der Waals surface area contributed by atoms with Crippen molar-refractivity contribution < 1.29 is 26.7 Å². The zero-order chi connectivity index (χ0) is 12.3. The van der Waals surface area contributed by atoms with Crippen molar-refractivity contribution in [3.8, 4) is 11.8 Å². The number of benzene rings is 1. The second-order valence-electron chi connectivity index (χ2n) is 2.67. The van der Waals surface area contributed by atoms with E-state index in [9.17, 15) is 22.0 Å². The Hall–Kier alpha value is -1.84. The first-order chi connectivity index (χ1) is 7.36. The van der Waals surface area contributed by atoms with Gasteiger partial charge in [-0.05, 0) is 12.1 Å². The Kier molecular flexibility index (Phi) is 3.32. The van der Waals surface area contributed by atoms with Gasteiger partial charge in [-0.2, -0.15) is 27.2 Å². The van der Waals surface area contributed by atoms with Gasteiger partial charge in [0.05, 0.1) is 11.6 Å². The Morgan fingerprint density at radius 2 is 1.88 bits per heavy atom. The van der Waals surface area contributed by atoms with Crippen LogP contribution in [0.2, 0.25) is 0 Å². The Balaban J connectivity index is 3.34. The Morgan fingerprint density at radius 3 is 2.31 bits per heavy atom. The van der Waals surface area contributed by atoms with E-state index in [-0.39, 0.29) is 0 Å². The summed E-state index contributed by atoms with van der Waals surface area (Å²) in [4.78, 5) is 0. The molecule has 0 N–H and O–H groups in total. The molecule has 0 radical (unpaired) electrons. The van der Waals surface area contributed by atoms with E-state index in [0.717, 1.165) is 18.2 Å². The van der Waals surface area contributed by atoms with Crippen molar-refractivity contribution in [2.24, 2.45) is 0 Å². The third-order valence-corrected chi connectivity index (χ3v) is 1.65. The molecule has 16 heavy (non-hydrogen) atoms. The lowest BCUT2D eigenvalue weighted by atomic mass is 10.1. The van der Waals surface area contributed by atoms with Crippen LogP contribution in [-0.2, 0) is 6.18 Å². The van der Waals surface area contributed by atoms with E-state index in [4.69, 9.17) is 5.26 Å². The SMILES string of the molecule is N#Cc1cccc(OC(F)F)c1C(F)(F)F. The van der Waals surface area contributed by atoms with Crippen molar-refractivity contribution in [3.05, 3.63) is 29.3 Å². The van der Waals surface area contributed by atoms with Crippen molar-refractivity contribution >= 4 is 0 Å². The molecule has 1 aromatic carbocycles. The maximum Gasteiger partial charge on any atom is 0.421 e. The minimum Gasteiger partial charge on any atom is -0.434 e. The predicted octanol–water partition coefficient (Wildman–Crippen LogP) is 3.18. The molecule has 0 aromatic heterocycles. The molecule has 0 aliphatic carbocycles. The Labute approximate surface area is 86.9 Å². The molecule has 0 atom stereocenters. The number of nitrogens with zero attached hydrogens (tertiary/aromatic N) is 1. The lowest BCUT2D eigenvalue weighted by Crippen LogP contribution is -2.13. The van der Waals surface area contributed by atoms with Crippen LogP contribution < -0.4 is 4.74 Å². The molecule has 0 aliphatic heterocycles. The van der Waals surface area contributed by atoms with Gasteiger partial charge in [-0.25, -0.2) is 0 Å². The van der Waals surface area contributed by atoms with Crippen molar-refractivity contribution in [2.75, 3.05) is 0 Å². The van der Waals surface area contributed by atoms with Crippen LogP contribution in [0.3, 0.4) is 0 Å². The minimum atomic E-state index is -4.92. The fourth-order valence-electron chi connectivity index (χ4n) is 1.11. The van der Waals surface area contributed by atoms with Gasteiger partial charge < -0.3 is 4.74 Å². The van der Waals surface area contributed by atoms with Gasteiger partial charge in [-0.3, -0.25) is 0 Å². The fraction of sp³-hybridized carbons (Fsp3) is 0.222. The fourth-order valence-corrected chi connectivity index (χ4v) is 1.11. The average Bonchev–Trinajstić information content (AvgIpc) is 2.14. The summed E-state index contributed by atoms with van der Waals surface area (Å²) in [5.41, 5.74) is -2.25. The summed E-state index contributed by atoms with van der Waals surface area (Å²) in [6.45, 7) is -3.38. The number of hydrogen-bond acceptors (Lipinski definition) is 2. The van der Waals surface area contributed by atoms with Crippen LogP contribution in [0.15, 0.2) is 18.2 Å². The number of ether oxygens (including phenoxy) is 1. The number of hydrogen-bond donors (Lipinski definition) is 0. The molecular weight excluding hydrogens is 233 g/mol. The van der Waals surface area contributed by atoms with E-state index in [1.54, 1.807) is 0 Å². The molecule has 0 unspecified atom stereocenters. The third-order valence-electron chi connectivity index (χ3n) is 1.65. The number of halogens is 5. The quantitative estimate of drug-likeness (QED) is 0.740. The smallest absolute Gasteiger partial charge is 0.421 e. The largest absolute Gasteiger partial charge is 0.434 e. The van der Waals surface area contributed by atoms with Crippen molar-refractivity contribution in [1.29, 1.82) is 5.26 Å². The van der Waals surface area contributed by atoms with E-state index in [2.05, 4.69) is 4.74 Å². The average molecular weight is 237 g/mol. The molecule has 0 fully saturated rings. The standard InChI is InChI=1S/C9H4F5NO/c10-8(11)16-6-3-1-2-5(4-15)7(6)9(12,13)14/h1-3,8H. The van der Waals surface area contributed by atoms with Gasteiger partial charge in [0.2, 0.25) is 0 Å². The molecule has 7 heteroatoms. The highest BCUT2D eigenvalue weighted by molar-refractivity contribution is 5.48. The van der Waals surface area contributed by atoms with Crippen LogP contribution in [0.5, 0.6) is 5.75 Å². The van der Waals surface area contributed by atoms with Crippen LogP contribution in [0.25, 0.3) is 0 Å². The summed E-state index contributed by atoms with van der Waals surface area (Å²) in [6.07, 6.45) is -4.92. The molecule has 0 heterocycles. The van der Waals surface area contributed by atoms with Crippen LogP contribution in [0.4, 0.5) is 22.0 Å². The molecule has 2 nitrogen and oxygen atoms in total. The van der Waals surface area contributed by atoms with Gasteiger partial charge in [0.15, 0.2) is 0 Å². The molecule has 0 saturated heterocycles. The van der Waals surface area contributed by atoms with Crippen molar-refractivity contribution in [3.63, 3.8) is 0 Å². The predicted molar refractivity (Wildman–Crippen MR) is 42.8 cm³/mol. The number of rotatable bonds is 2. The van der Waals surface area contributed by atoms with E-state index in [1.165, 1.54) is 6.07 Å². The highest BCUT2D eigenvalue weighted by Crippen LogP contribution is 2.38. The zero-order valence-electron chi connectivity index (χ0n) is 7.55. The first-order valence-corrected chi connectivity index (χ1v) is 3.91. The molecule has 0 spiro atoms. The number of nitriles is 1. The molecule has 86 valence electrons. The summed E-state index contributed by atoms with van der Waals surface area (Å²) < 4.78 is 64.8. The molecule has 0 bridgehead atoms. The van der Waals surface area contributed by atoms with Gasteiger partial charge >= 0.3 is 12.8 Å². The van der Waals surface area contributed by atoms with Crippen LogP contribution >= 0.6 is 0 Å². The van der Waals surface area contributed by atoms with Gasteiger partial charge in [-0.1, -0.05) is 6.07 Å². The normalized spacial score (nSPS) is 11.3. The monoisotopic (exact) mass is 237 g/mol. The Bertz CT molecular complexity index is 421. The van der Waals surface area contributed by atoms with Gasteiger partial charge in [0.25, 0.3) is 0 Å². The second-order valence-corrected chi connectivity index (χ2v) is 2.67. The lowest BCUT2D eigenvalue weighted by molar-refractivity contribution is -0.142. The molecule has 1 rings (SSSR count). The van der Waals surface area contributed by atoms with Crippen LogP contribution in [-0.4, -0.2) is 6.61 Å². The number of alkyl halides is 5. The van der Waals surface area contributed by atoms with Crippen LogP contribution in [0, 0.1) is 11.3 Å². The van der Waals surface area contributed by atoms with Gasteiger partial charge in [0, 0.05) is 0 Å². The molecule has 1 aromatic rings. The summed E-state index contributed by atoms with van der Waals surface area (Å²) in [6, 6.07) is 3.91. The van der Waals surface area contributed by atoms with E-state index >= 15 is 0 Å². The maximum atomic E-state index is 12.5. The molecule has 0 amide bonds. The van der Waals surface area contributed by atoms with Crippen molar-refractivity contribution in [1.82, 2.24) is 0 Å². The minimum absolute atomic E-state index is 0.732. The molecular formula is C9H4F5NO. The van der Waals surface area contributed by atoms with E-state index in [0.29, 0.717) is 0 Å². The second kappa shape index (κ2) is 4.35. The summed E-state index contributed by atoms with van der Waals surface area (Å²) in [5, 5.41) is 8.45. The highest BCUT2D eigenvalue weighted by Gasteiger charge is 2.37. The van der Waals surface area contributed by atoms with Gasteiger partial charge in [-0.15, -0.1) is 0 Å².